The van der Waals surface area contributed by atoms with Crippen LogP contribution in [0.3, 0.4) is 0 Å². The average Bonchev–Trinajstić information content (AvgIpc) is 1.84. The topological polar surface area (TPSA) is 72.8 Å². The van der Waals surface area contributed by atoms with Crippen LogP contribution in [0.4, 0.5) is 0 Å². The van der Waals surface area contributed by atoms with Gasteiger partial charge in [-0.1, -0.05) is 5.57 Å². The van der Waals surface area contributed by atoms with Gasteiger partial charge in [0.1, 0.15) is 6.61 Å². The van der Waals surface area contributed by atoms with E-state index in [0.29, 0.717) is 6.42 Å². The van der Waals surface area contributed by atoms with Gasteiger partial charge in [0, 0.05) is 9.13 Å². The standard InChI is InChI=1S/C5H9O5P2/c1-5(2)3-4-9-12(8)10-11(6)7/h1,3-4H2,2H3/q+1/p+1. The first-order valence-electron chi connectivity index (χ1n) is 3.11. The summed E-state index contributed by atoms with van der Waals surface area (Å²) in [5.41, 5.74) is 0.881. The first kappa shape index (κ1) is 11.8. The Morgan fingerprint density at radius 1 is 1.58 bits per heavy atom. The van der Waals surface area contributed by atoms with E-state index in [9.17, 15) is 9.13 Å². The molecule has 0 radical (unpaired) electrons. The summed E-state index contributed by atoms with van der Waals surface area (Å²) < 4.78 is 29.0. The third-order valence-corrected chi connectivity index (χ3v) is 2.35. The van der Waals surface area contributed by atoms with Crippen LogP contribution in [0.1, 0.15) is 13.3 Å². The monoisotopic (exact) mass is 212 g/mol. The summed E-state index contributed by atoms with van der Waals surface area (Å²) in [6, 6.07) is 0. The number of rotatable bonds is 6. The van der Waals surface area contributed by atoms with Crippen LogP contribution in [0.25, 0.3) is 0 Å². The molecular weight excluding hydrogens is 202 g/mol. The van der Waals surface area contributed by atoms with E-state index in [1.165, 1.54) is 0 Å². The lowest BCUT2D eigenvalue weighted by Crippen LogP contribution is -1.86. The van der Waals surface area contributed by atoms with E-state index in [1.807, 2.05) is 0 Å². The molecule has 0 aliphatic carbocycles. The van der Waals surface area contributed by atoms with Crippen molar-refractivity contribution in [2.45, 2.75) is 13.3 Å². The Balaban J connectivity index is 3.44. The second kappa shape index (κ2) is 6.35. The fourth-order valence-electron chi connectivity index (χ4n) is 0.375. The Bertz CT molecular complexity index is 202. The van der Waals surface area contributed by atoms with E-state index in [0.717, 1.165) is 5.57 Å². The van der Waals surface area contributed by atoms with Crippen molar-refractivity contribution in [2.75, 3.05) is 6.61 Å². The zero-order valence-corrected chi connectivity index (χ0v) is 8.38. The fourth-order valence-corrected chi connectivity index (χ4v) is 1.26. The molecular formula is C5H10O5P2+2. The maximum absolute atomic E-state index is 10.6. The molecule has 0 aromatic rings. The summed E-state index contributed by atoms with van der Waals surface area (Å²) in [4.78, 5) is 8.14. The molecule has 0 aromatic heterocycles. The Morgan fingerprint density at radius 2 is 2.17 bits per heavy atom. The van der Waals surface area contributed by atoms with Crippen molar-refractivity contribution in [2.24, 2.45) is 0 Å². The molecule has 0 spiro atoms. The van der Waals surface area contributed by atoms with Crippen molar-refractivity contribution in [1.82, 2.24) is 0 Å². The van der Waals surface area contributed by atoms with E-state index in [-0.39, 0.29) is 6.61 Å². The molecule has 5 nitrogen and oxygen atoms in total. The quantitative estimate of drug-likeness (QED) is 0.540. The molecule has 0 rings (SSSR count). The van der Waals surface area contributed by atoms with Crippen molar-refractivity contribution < 1.29 is 22.9 Å². The molecule has 1 N–H and O–H groups in total. The van der Waals surface area contributed by atoms with Crippen molar-refractivity contribution in [1.29, 1.82) is 0 Å². The molecule has 2 unspecified atom stereocenters. The lowest BCUT2D eigenvalue weighted by atomic mass is 10.3. The summed E-state index contributed by atoms with van der Waals surface area (Å²) in [6.07, 6.45) is 0.548. The smallest absolute Gasteiger partial charge is 0.131 e. The first-order valence-corrected chi connectivity index (χ1v) is 5.33. The molecule has 0 aliphatic rings. The normalized spacial score (nSPS) is 12.5. The molecule has 0 saturated carbocycles. The summed E-state index contributed by atoms with van der Waals surface area (Å²) in [7, 11) is -5.33. The Hall–Kier alpha value is -0.180. The number of hydrogen-bond donors (Lipinski definition) is 1. The lowest BCUT2D eigenvalue weighted by molar-refractivity contribution is 0.283. The van der Waals surface area contributed by atoms with Crippen molar-refractivity contribution in [3.63, 3.8) is 0 Å². The average molecular weight is 212 g/mol. The predicted octanol–water partition coefficient (Wildman–Crippen LogP) is 2.29. The molecule has 0 bridgehead atoms. The lowest BCUT2D eigenvalue weighted by Gasteiger charge is -1.89. The molecule has 2 atom stereocenters. The van der Waals surface area contributed by atoms with Gasteiger partial charge < -0.3 is 0 Å². The van der Waals surface area contributed by atoms with Gasteiger partial charge in [-0.2, -0.15) is 0 Å². The molecule has 0 fully saturated rings. The third kappa shape index (κ3) is 7.92. The van der Waals surface area contributed by atoms with Crippen LogP contribution in [-0.2, 0) is 18.0 Å². The van der Waals surface area contributed by atoms with Gasteiger partial charge >= 0.3 is 16.5 Å². The van der Waals surface area contributed by atoms with Crippen molar-refractivity contribution in [3.05, 3.63) is 12.2 Å². The minimum atomic E-state index is -2.85. The van der Waals surface area contributed by atoms with Crippen LogP contribution in [0.5, 0.6) is 0 Å². The van der Waals surface area contributed by atoms with Gasteiger partial charge in [0.05, 0.1) is 0 Å². The molecule has 0 aliphatic heterocycles. The van der Waals surface area contributed by atoms with Crippen LogP contribution in [0.15, 0.2) is 12.2 Å². The summed E-state index contributed by atoms with van der Waals surface area (Å²) in [5.74, 6) is 0. The highest BCUT2D eigenvalue weighted by molar-refractivity contribution is 7.47. The maximum Gasteiger partial charge on any atom is 0.747 e. The van der Waals surface area contributed by atoms with E-state index in [4.69, 9.17) is 4.89 Å². The van der Waals surface area contributed by atoms with E-state index in [1.54, 1.807) is 6.92 Å². The Morgan fingerprint density at radius 3 is 2.58 bits per heavy atom. The van der Waals surface area contributed by atoms with Crippen LogP contribution in [-0.4, -0.2) is 11.5 Å². The third-order valence-electron chi connectivity index (χ3n) is 0.862. The van der Waals surface area contributed by atoms with Gasteiger partial charge in [-0.05, 0) is 13.3 Å². The molecule has 7 heteroatoms. The zero-order valence-electron chi connectivity index (χ0n) is 6.60. The van der Waals surface area contributed by atoms with Crippen molar-refractivity contribution >= 4 is 16.5 Å². The van der Waals surface area contributed by atoms with Gasteiger partial charge in [0.15, 0.2) is 4.31 Å². The fraction of sp³-hybridized carbons (Fsp3) is 0.600. The van der Waals surface area contributed by atoms with Gasteiger partial charge in [0.2, 0.25) is 0 Å². The molecule has 0 amide bonds. The van der Waals surface area contributed by atoms with E-state index in [2.05, 4.69) is 15.4 Å². The van der Waals surface area contributed by atoms with Crippen LogP contribution >= 0.6 is 16.5 Å². The molecule has 0 aromatic carbocycles. The zero-order chi connectivity index (χ0) is 9.56. The Kier molecular flexibility index (Phi) is 6.25. The summed E-state index contributed by atoms with van der Waals surface area (Å²) >= 11 is 0. The van der Waals surface area contributed by atoms with E-state index >= 15 is 0 Å². The summed E-state index contributed by atoms with van der Waals surface area (Å²) in [5, 5.41) is 0. The second-order valence-corrected chi connectivity index (χ2v) is 3.92. The SMILES string of the molecule is C=C(C)CCO[P+](=O)O[P+](=O)O. The first-order chi connectivity index (χ1) is 5.52. The Labute approximate surface area is 72.3 Å². The van der Waals surface area contributed by atoms with Gasteiger partial charge in [-0.25, -0.2) is 0 Å². The minimum absolute atomic E-state index is 0.174. The van der Waals surface area contributed by atoms with Gasteiger partial charge in [0.25, 0.3) is 0 Å². The van der Waals surface area contributed by atoms with E-state index < -0.39 is 16.5 Å². The van der Waals surface area contributed by atoms with Gasteiger partial charge in [-0.15, -0.1) is 16.0 Å². The predicted molar refractivity (Wildman–Crippen MR) is 43.9 cm³/mol. The highest BCUT2D eigenvalue weighted by atomic mass is 31.2. The van der Waals surface area contributed by atoms with Gasteiger partial charge in [-0.3, -0.25) is 0 Å². The van der Waals surface area contributed by atoms with Crippen LogP contribution < -0.4 is 0 Å². The number of hydrogen-bond acceptors (Lipinski definition) is 4. The highest BCUT2D eigenvalue weighted by Gasteiger charge is 2.36. The molecule has 12 heavy (non-hydrogen) atoms. The molecule has 0 saturated heterocycles. The maximum atomic E-state index is 10.6. The molecule has 68 valence electrons. The van der Waals surface area contributed by atoms with Crippen LogP contribution in [0, 0.1) is 0 Å². The second-order valence-electron chi connectivity index (χ2n) is 2.08. The summed E-state index contributed by atoms with van der Waals surface area (Å²) in [6.45, 7) is 5.56. The van der Waals surface area contributed by atoms with Crippen molar-refractivity contribution in [3.8, 4) is 0 Å². The minimum Gasteiger partial charge on any atom is -0.131 e. The molecule has 0 heterocycles. The van der Waals surface area contributed by atoms with Crippen LogP contribution in [0.2, 0.25) is 0 Å². The highest BCUT2D eigenvalue weighted by Crippen LogP contribution is 2.35. The largest absolute Gasteiger partial charge is 0.747 e.